The molecule has 0 fully saturated rings. The van der Waals surface area contributed by atoms with E-state index in [0.29, 0.717) is 12.1 Å². The Balaban J connectivity index is 1.78. The summed E-state index contributed by atoms with van der Waals surface area (Å²) in [5.74, 6) is -0.950. The molecule has 8 heteroatoms. The molecule has 0 unspecified atom stereocenters. The standard InChI is InChI=1S/C21H20N4O3S/c1-13-8-10-16(11-9-13)12-24-18-7-5-4-6-17(18)21(19(24)28)25(15(3)27)23-20(29-21)22-14(2)26/h4-11H,12H2,1-3H3,(H,22,23,26)/t21-/m1/s1. The zero-order chi connectivity index (χ0) is 20.8. The summed E-state index contributed by atoms with van der Waals surface area (Å²) in [7, 11) is 0. The Morgan fingerprint density at radius 2 is 1.79 bits per heavy atom. The highest BCUT2D eigenvalue weighted by molar-refractivity contribution is 8.15. The quantitative estimate of drug-likeness (QED) is 0.828. The Labute approximate surface area is 172 Å². The molecule has 2 aliphatic heterocycles. The summed E-state index contributed by atoms with van der Waals surface area (Å²) >= 11 is 1.08. The van der Waals surface area contributed by atoms with Gasteiger partial charge >= 0.3 is 0 Å². The van der Waals surface area contributed by atoms with Crippen LogP contribution < -0.4 is 10.2 Å². The second-order valence-electron chi connectivity index (χ2n) is 7.06. The molecule has 1 spiro atoms. The lowest BCUT2D eigenvalue weighted by atomic mass is 10.1. The molecule has 148 valence electrons. The molecule has 3 amide bonds. The number of hydrogen-bond acceptors (Lipinski definition) is 5. The van der Waals surface area contributed by atoms with E-state index in [4.69, 9.17) is 0 Å². The van der Waals surface area contributed by atoms with Crippen molar-refractivity contribution in [3.8, 4) is 0 Å². The second-order valence-corrected chi connectivity index (χ2v) is 8.24. The third kappa shape index (κ3) is 3.09. The van der Waals surface area contributed by atoms with Gasteiger partial charge in [0.15, 0.2) is 5.17 Å². The Bertz CT molecular complexity index is 1050. The lowest BCUT2D eigenvalue weighted by Gasteiger charge is -2.29. The Morgan fingerprint density at radius 3 is 2.45 bits per heavy atom. The first-order chi connectivity index (χ1) is 13.8. The van der Waals surface area contributed by atoms with E-state index in [1.807, 2.05) is 55.5 Å². The largest absolute Gasteiger partial charge is 0.304 e. The smallest absolute Gasteiger partial charge is 0.271 e. The number of thioether (sulfide) groups is 1. The molecule has 7 nitrogen and oxygen atoms in total. The molecule has 1 atom stereocenters. The number of carbonyl (C=O) groups excluding carboxylic acids is 3. The second kappa shape index (κ2) is 7.04. The normalized spacial score (nSPS) is 20.1. The van der Waals surface area contributed by atoms with Crippen molar-refractivity contribution >= 4 is 40.3 Å². The van der Waals surface area contributed by atoms with E-state index in [0.717, 1.165) is 28.6 Å². The van der Waals surface area contributed by atoms with Crippen LogP contribution in [0.15, 0.2) is 53.6 Å². The number of amidine groups is 1. The van der Waals surface area contributed by atoms with Gasteiger partial charge in [-0.15, -0.1) is 5.10 Å². The summed E-state index contributed by atoms with van der Waals surface area (Å²) in [5.41, 5.74) is 3.54. The molecule has 0 saturated carbocycles. The maximum atomic E-state index is 13.7. The summed E-state index contributed by atoms with van der Waals surface area (Å²) in [5, 5.41) is 8.27. The number of carbonyl (C=O) groups is 3. The highest BCUT2D eigenvalue weighted by Crippen LogP contribution is 2.54. The van der Waals surface area contributed by atoms with Gasteiger partial charge in [-0.05, 0) is 30.3 Å². The van der Waals surface area contributed by atoms with Gasteiger partial charge in [-0.2, -0.15) is 5.01 Å². The van der Waals surface area contributed by atoms with Gasteiger partial charge < -0.3 is 10.2 Å². The number of hydrogen-bond donors (Lipinski definition) is 1. The van der Waals surface area contributed by atoms with Crippen LogP contribution in [-0.4, -0.2) is 27.9 Å². The van der Waals surface area contributed by atoms with Crippen molar-refractivity contribution in [1.82, 2.24) is 10.3 Å². The van der Waals surface area contributed by atoms with Crippen LogP contribution in [0, 0.1) is 6.92 Å². The zero-order valence-corrected chi connectivity index (χ0v) is 17.1. The number of fused-ring (bicyclic) bond motifs is 2. The van der Waals surface area contributed by atoms with Crippen molar-refractivity contribution in [2.45, 2.75) is 32.2 Å². The predicted molar refractivity (Wildman–Crippen MR) is 112 cm³/mol. The van der Waals surface area contributed by atoms with Gasteiger partial charge in [-0.3, -0.25) is 14.4 Å². The fourth-order valence-electron chi connectivity index (χ4n) is 3.60. The van der Waals surface area contributed by atoms with Crippen LogP contribution in [0.2, 0.25) is 0 Å². The average Bonchev–Trinajstić information content (AvgIpc) is 3.16. The van der Waals surface area contributed by atoms with E-state index in [2.05, 4.69) is 10.4 Å². The number of aryl methyl sites for hydroxylation is 1. The van der Waals surface area contributed by atoms with Gasteiger partial charge in [0.05, 0.1) is 12.2 Å². The molecular weight excluding hydrogens is 388 g/mol. The average molecular weight is 408 g/mol. The molecule has 4 rings (SSSR count). The van der Waals surface area contributed by atoms with Crippen molar-refractivity contribution in [3.05, 3.63) is 65.2 Å². The van der Waals surface area contributed by atoms with E-state index >= 15 is 0 Å². The van der Waals surface area contributed by atoms with Gasteiger partial charge in [0.1, 0.15) is 0 Å². The van der Waals surface area contributed by atoms with E-state index in [9.17, 15) is 14.4 Å². The molecule has 0 bridgehead atoms. The highest BCUT2D eigenvalue weighted by Gasteiger charge is 2.61. The Morgan fingerprint density at radius 1 is 1.10 bits per heavy atom. The molecule has 0 aliphatic carbocycles. The lowest BCUT2D eigenvalue weighted by molar-refractivity contribution is -0.139. The van der Waals surface area contributed by atoms with Crippen LogP contribution in [0.25, 0.3) is 0 Å². The van der Waals surface area contributed by atoms with Crippen molar-refractivity contribution in [1.29, 1.82) is 0 Å². The van der Waals surface area contributed by atoms with Crippen LogP contribution in [0.1, 0.15) is 30.5 Å². The molecule has 2 heterocycles. The van der Waals surface area contributed by atoms with Gasteiger partial charge in [-0.25, -0.2) is 0 Å². The zero-order valence-electron chi connectivity index (χ0n) is 16.3. The van der Waals surface area contributed by atoms with Crippen molar-refractivity contribution in [2.24, 2.45) is 5.10 Å². The molecular formula is C21H20N4O3S. The van der Waals surface area contributed by atoms with Crippen molar-refractivity contribution in [3.63, 3.8) is 0 Å². The fourth-order valence-corrected chi connectivity index (χ4v) is 4.93. The number of para-hydroxylation sites is 1. The van der Waals surface area contributed by atoms with Gasteiger partial charge in [-0.1, -0.05) is 48.0 Å². The summed E-state index contributed by atoms with van der Waals surface area (Å²) in [6.07, 6.45) is 0. The molecule has 2 aromatic carbocycles. The third-order valence-corrected chi connectivity index (χ3v) is 6.11. The van der Waals surface area contributed by atoms with Gasteiger partial charge in [0.2, 0.25) is 16.7 Å². The number of nitrogens with zero attached hydrogens (tertiary/aromatic N) is 3. The van der Waals surface area contributed by atoms with Crippen LogP contribution in [0.5, 0.6) is 0 Å². The minimum atomic E-state index is -1.36. The summed E-state index contributed by atoms with van der Waals surface area (Å²) in [6.45, 7) is 5.11. The summed E-state index contributed by atoms with van der Waals surface area (Å²) in [6, 6.07) is 15.4. The Hall–Kier alpha value is -3.13. The van der Waals surface area contributed by atoms with Crippen LogP contribution in [0.3, 0.4) is 0 Å². The van der Waals surface area contributed by atoms with Crippen molar-refractivity contribution < 1.29 is 14.4 Å². The monoisotopic (exact) mass is 408 g/mol. The van der Waals surface area contributed by atoms with E-state index in [-0.39, 0.29) is 22.9 Å². The fraction of sp³-hybridized carbons (Fsp3) is 0.238. The minimum Gasteiger partial charge on any atom is -0.304 e. The molecule has 29 heavy (non-hydrogen) atoms. The molecule has 0 aromatic heterocycles. The first-order valence-corrected chi connectivity index (χ1v) is 9.97. The first-order valence-electron chi connectivity index (χ1n) is 9.16. The van der Waals surface area contributed by atoms with Gasteiger partial charge in [0.25, 0.3) is 5.91 Å². The number of benzene rings is 2. The predicted octanol–water partition coefficient (Wildman–Crippen LogP) is 2.70. The first kappa shape index (κ1) is 19.2. The number of nitrogens with one attached hydrogen (secondary N) is 1. The summed E-state index contributed by atoms with van der Waals surface area (Å²) in [4.78, 5) is 38.0. The van der Waals surface area contributed by atoms with Gasteiger partial charge in [0, 0.05) is 19.4 Å². The molecule has 2 aromatic rings. The van der Waals surface area contributed by atoms with E-state index in [1.54, 1.807) is 4.90 Å². The SMILES string of the molecule is CC(=O)NC1=NN(C(C)=O)[C@]2(S1)C(=O)N(Cc1ccc(C)cc1)c1ccccc12. The van der Waals surface area contributed by atoms with Crippen LogP contribution >= 0.6 is 11.8 Å². The maximum absolute atomic E-state index is 13.7. The number of rotatable bonds is 2. The molecule has 0 saturated heterocycles. The third-order valence-electron chi connectivity index (χ3n) is 4.87. The number of anilines is 1. The van der Waals surface area contributed by atoms with E-state index < -0.39 is 4.87 Å². The van der Waals surface area contributed by atoms with E-state index in [1.165, 1.54) is 18.9 Å². The molecule has 2 aliphatic rings. The van der Waals surface area contributed by atoms with Crippen molar-refractivity contribution in [2.75, 3.05) is 4.90 Å². The van der Waals surface area contributed by atoms with Crippen LogP contribution in [0.4, 0.5) is 5.69 Å². The number of amides is 3. The number of hydrazone groups is 1. The minimum absolute atomic E-state index is 0.230. The summed E-state index contributed by atoms with van der Waals surface area (Å²) < 4.78 is 0. The van der Waals surface area contributed by atoms with Crippen LogP contribution in [-0.2, 0) is 25.8 Å². The lowest BCUT2D eigenvalue weighted by Crippen LogP contribution is -2.48. The molecule has 0 radical (unpaired) electrons. The topological polar surface area (TPSA) is 82.1 Å². The Kier molecular flexibility index (Phi) is 4.66. The highest BCUT2D eigenvalue weighted by atomic mass is 32.2. The maximum Gasteiger partial charge on any atom is 0.271 e. The molecule has 1 N–H and O–H groups in total.